The molecule has 0 bridgehead atoms. The van der Waals surface area contributed by atoms with Gasteiger partial charge in [-0.15, -0.1) is 0 Å². The summed E-state index contributed by atoms with van der Waals surface area (Å²) >= 11 is 0. The van der Waals surface area contributed by atoms with Crippen LogP contribution in [0.4, 0.5) is 0 Å². The smallest absolute Gasteiger partial charge is 0.0386 e. The van der Waals surface area contributed by atoms with Crippen LogP contribution in [0.2, 0.25) is 0 Å². The lowest BCUT2D eigenvalue weighted by Crippen LogP contribution is -2.25. The Morgan fingerprint density at radius 2 is 0.952 bits per heavy atom. The van der Waals surface area contributed by atoms with Gasteiger partial charge in [0.2, 0.25) is 0 Å². The molecule has 0 amide bonds. The molecule has 0 aromatic rings. The van der Waals surface area contributed by atoms with Crippen molar-refractivity contribution in [1.82, 2.24) is 0 Å². The van der Waals surface area contributed by atoms with Crippen molar-refractivity contribution in [3.8, 4) is 0 Å². The Morgan fingerprint density at radius 1 is 0.524 bits per heavy atom. The predicted molar refractivity (Wildman–Crippen MR) is 94.6 cm³/mol. The van der Waals surface area contributed by atoms with Gasteiger partial charge in [0, 0.05) is 0 Å². The summed E-state index contributed by atoms with van der Waals surface area (Å²) in [5.74, 6) is 4.40. The average Bonchev–Trinajstić information content (AvgIpc) is 2.54. The number of hydrogen-bond acceptors (Lipinski definition) is 0. The topological polar surface area (TPSA) is 0 Å². The number of hydrogen-bond donors (Lipinski definition) is 0. The van der Waals surface area contributed by atoms with E-state index in [1.54, 1.807) is 51.4 Å². The highest BCUT2D eigenvalue weighted by Crippen LogP contribution is 2.43. The van der Waals surface area contributed by atoms with Crippen LogP contribution in [-0.2, 0) is 0 Å². The van der Waals surface area contributed by atoms with Crippen molar-refractivity contribution < 1.29 is 0 Å². The Labute approximate surface area is 134 Å². The first-order valence-electron chi connectivity index (χ1n) is 10.3. The zero-order valence-corrected chi connectivity index (χ0v) is 14.9. The molecule has 0 heterocycles. The van der Waals surface area contributed by atoms with Gasteiger partial charge in [-0.3, -0.25) is 0 Å². The molecule has 0 aromatic carbocycles. The lowest BCUT2D eigenvalue weighted by atomic mass is 9.68. The SMILES string of the molecule is CCCCCC1CCC([C@H]2CC[C@H](CCCC)CC2)CC1. The van der Waals surface area contributed by atoms with E-state index in [0.717, 1.165) is 23.7 Å². The van der Waals surface area contributed by atoms with Gasteiger partial charge in [0.05, 0.1) is 0 Å². The fourth-order valence-corrected chi connectivity index (χ4v) is 5.07. The van der Waals surface area contributed by atoms with Crippen molar-refractivity contribution in [1.29, 1.82) is 0 Å². The molecule has 2 fully saturated rings. The summed E-state index contributed by atoms with van der Waals surface area (Å²) in [6, 6.07) is 0. The Bertz CT molecular complexity index is 241. The van der Waals surface area contributed by atoms with Crippen LogP contribution < -0.4 is 0 Å². The van der Waals surface area contributed by atoms with E-state index in [0.29, 0.717) is 0 Å². The van der Waals surface area contributed by atoms with Crippen molar-refractivity contribution in [2.45, 2.75) is 110 Å². The van der Waals surface area contributed by atoms with Crippen LogP contribution in [0.25, 0.3) is 0 Å². The normalized spacial score (nSPS) is 34.0. The van der Waals surface area contributed by atoms with Crippen LogP contribution >= 0.6 is 0 Å². The van der Waals surface area contributed by atoms with Crippen LogP contribution in [-0.4, -0.2) is 0 Å². The summed E-state index contributed by atoms with van der Waals surface area (Å²) in [5.41, 5.74) is 0. The molecule has 2 aliphatic carbocycles. The maximum Gasteiger partial charge on any atom is -0.0386 e. The average molecular weight is 293 g/mol. The maximum atomic E-state index is 2.34. The number of rotatable bonds is 8. The van der Waals surface area contributed by atoms with E-state index in [1.807, 2.05) is 0 Å². The van der Waals surface area contributed by atoms with E-state index in [1.165, 1.54) is 44.9 Å². The minimum absolute atomic E-state index is 1.09. The van der Waals surface area contributed by atoms with Gasteiger partial charge < -0.3 is 0 Å². The minimum atomic E-state index is 1.09. The van der Waals surface area contributed by atoms with Gasteiger partial charge in [-0.1, -0.05) is 84.5 Å². The quantitative estimate of drug-likeness (QED) is 0.410. The van der Waals surface area contributed by atoms with E-state index in [-0.39, 0.29) is 0 Å². The second-order valence-corrected chi connectivity index (χ2v) is 8.20. The van der Waals surface area contributed by atoms with Crippen molar-refractivity contribution in [2.75, 3.05) is 0 Å². The summed E-state index contributed by atoms with van der Waals surface area (Å²) in [7, 11) is 0. The monoisotopic (exact) mass is 292 g/mol. The molecular weight excluding hydrogens is 252 g/mol. The summed E-state index contributed by atoms with van der Waals surface area (Å²) in [6.07, 6.45) is 22.8. The fourth-order valence-electron chi connectivity index (χ4n) is 5.07. The zero-order valence-electron chi connectivity index (χ0n) is 14.9. The van der Waals surface area contributed by atoms with Crippen molar-refractivity contribution in [3.05, 3.63) is 0 Å². The van der Waals surface area contributed by atoms with Crippen LogP contribution in [0.5, 0.6) is 0 Å². The Hall–Kier alpha value is 0. The molecular formula is C21H40. The fraction of sp³-hybridized carbons (Fsp3) is 1.00. The molecule has 0 saturated heterocycles. The van der Waals surface area contributed by atoms with Gasteiger partial charge in [-0.2, -0.15) is 0 Å². The molecule has 0 aromatic heterocycles. The van der Waals surface area contributed by atoms with Crippen molar-refractivity contribution in [3.63, 3.8) is 0 Å². The standard InChI is InChI=1S/C21H40/c1-3-5-7-9-19-12-16-21(17-13-19)20-14-10-18(11-15-20)8-6-4-2/h18-21H,3-17H2,1-2H3/t18-,19?,20-,21?. The lowest BCUT2D eigenvalue weighted by Gasteiger charge is -2.38. The van der Waals surface area contributed by atoms with Crippen molar-refractivity contribution >= 4 is 0 Å². The number of unbranched alkanes of at least 4 members (excludes halogenated alkanes) is 3. The van der Waals surface area contributed by atoms with E-state index in [9.17, 15) is 0 Å². The Kier molecular flexibility index (Phi) is 8.19. The first kappa shape index (κ1) is 17.4. The molecule has 0 nitrogen and oxygen atoms in total. The van der Waals surface area contributed by atoms with E-state index in [4.69, 9.17) is 0 Å². The second kappa shape index (κ2) is 9.90. The van der Waals surface area contributed by atoms with E-state index >= 15 is 0 Å². The third-order valence-electron chi connectivity index (χ3n) is 6.63. The molecule has 0 heteroatoms. The van der Waals surface area contributed by atoms with Crippen LogP contribution in [0.1, 0.15) is 110 Å². The van der Waals surface area contributed by atoms with E-state index in [2.05, 4.69) is 13.8 Å². The largest absolute Gasteiger partial charge is 0.0654 e. The molecule has 21 heavy (non-hydrogen) atoms. The third kappa shape index (κ3) is 5.95. The Balaban J connectivity index is 1.60. The summed E-state index contributed by atoms with van der Waals surface area (Å²) in [6.45, 7) is 4.67. The van der Waals surface area contributed by atoms with Gasteiger partial charge in [0.1, 0.15) is 0 Å². The van der Waals surface area contributed by atoms with Gasteiger partial charge in [-0.25, -0.2) is 0 Å². The predicted octanol–water partition coefficient (Wildman–Crippen LogP) is 7.37. The zero-order chi connectivity index (χ0) is 14.9. The van der Waals surface area contributed by atoms with Gasteiger partial charge in [-0.05, 0) is 49.4 Å². The summed E-state index contributed by atoms with van der Waals surface area (Å²) in [4.78, 5) is 0. The summed E-state index contributed by atoms with van der Waals surface area (Å²) < 4.78 is 0. The van der Waals surface area contributed by atoms with Crippen molar-refractivity contribution in [2.24, 2.45) is 23.7 Å². The van der Waals surface area contributed by atoms with E-state index < -0.39 is 0 Å². The lowest BCUT2D eigenvalue weighted by molar-refractivity contribution is 0.139. The minimum Gasteiger partial charge on any atom is -0.0654 e. The highest BCUT2D eigenvalue weighted by molar-refractivity contribution is 4.82. The maximum absolute atomic E-state index is 2.34. The second-order valence-electron chi connectivity index (χ2n) is 8.20. The highest BCUT2D eigenvalue weighted by Gasteiger charge is 2.30. The van der Waals surface area contributed by atoms with Crippen LogP contribution in [0.15, 0.2) is 0 Å². The van der Waals surface area contributed by atoms with Gasteiger partial charge >= 0.3 is 0 Å². The van der Waals surface area contributed by atoms with Gasteiger partial charge in [0.25, 0.3) is 0 Å². The first-order chi connectivity index (χ1) is 10.3. The first-order valence-corrected chi connectivity index (χ1v) is 10.3. The molecule has 0 atom stereocenters. The molecule has 0 radical (unpaired) electrons. The summed E-state index contributed by atoms with van der Waals surface area (Å²) in [5, 5.41) is 0. The molecule has 2 aliphatic rings. The van der Waals surface area contributed by atoms with Crippen LogP contribution in [0.3, 0.4) is 0 Å². The third-order valence-corrected chi connectivity index (χ3v) is 6.63. The highest BCUT2D eigenvalue weighted by atomic mass is 14.4. The molecule has 0 aliphatic heterocycles. The molecule has 0 N–H and O–H groups in total. The molecule has 0 unspecified atom stereocenters. The Morgan fingerprint density at radius 3 is 1.38 bits per heavy atom. The van der Waals surface area contributed by atoms with Gasteiger partial charge in [0.15, 0.2) is 0 Å². The van der Waals surface area contributed by atoms with Crippen LogP contribution in [0, 0.1) is 23.7 Å². The molecule has 124 valence electrons. The molecule has 0 spiro atoms. The molecule has 2 rings (SSSR count). The molecule has 2 saturated carbocycles.